The van der Waals surface area contributed by atoms with E-state index in [-0.39, 0.29) is 29.5 Å². The van der Waals surface area contributed by atoms with Gasteiger partial charge in [-0.05, 0) is 43.2 Å². The summed E-state index contributed by atoms with van der Waals surface area (Å²) in [5, 5.41) is 9.16. The molecule has 2 aromatic rings. The first-order valence-electron chi connectivity index (χ1n) is 10.4. The van der Waals surface area contributed by atoms with Crippen molar-refractivity contribution < 1.29 is 18.7 Å². The predicted molar refractivity (Wildman–Crippen MR) is 135 cm³/mol. The Bertz CT molecular complexity index is 834. The summed E-state index contributed by atoms with van der Waals surface area (Å²) in [6.07, 6.45) is 0.848. The fourth-order valence-corrected chi connectivity index (χ4v) is 2.70. The lowest BCUT2D eigenvalue weighted by Crippen LogP contribution is -2.42. The van der Waals surface area contributed by atoms with Crippen molar-refractivity contribution in [3.63, 3.8) is 0 Å². The van der Waals surface area contributed by atoms with Crippen molar-refractivity contribution in [2.75, 3.05) is 40.0 Å². The molecule has 0 saturated carbocycles. The Hall–Kier alpha value is -2.40. The summed E-state index contributed by atoms with van der Waals surface area (Å²) < 4.78 is 24.2. The van der Waals surface area contributed by atoms with Crippen LogP contribution in [-0.2, 0) is 11.3 Å². The van der Waals surface area contributed by atoms with Crippen LogP contribution in [0.3, 0.4) is 0 Å². The number of nitrogens with one attached hydrogen (secondary N) is 3. The molecule has 0 unspecified atom stereocenters. The van der Waals surface area contributed by atoms with Crippen LogP contribution in [0.4, 0.5) is 4.39 Å². The lowest BCUT2D eigenvalue weighted by molar-refractivity contribution is 0.0950. The molecule has 176 valence electrons. The second-order valence-corrected chi connectivity index (χ2v) is 6.65. The van der Waals surface area contributed by atoms with Gasteiger partial charge in [-0.15, -0.1) is 24.0 Å². The lowest BCUT2D eigenvalue weighted by Gasteiger charge is -2.13. The highest BCUT2D eigenvalue weighted by atomic mass is 127. The number of ether oxygens (including phenoxy) is 2. The molecule has 0 heterocycles. The topological polar surface area (TPSA) is 84.0 Å². The lowest BCUT2D eigenvalue weighted by atomic mass is 10.2. The number of hydrogen-bond donors (Lipinski definition) is 3. The maximum atomic E-state index is 13.7. The van der Waals surface area contributed by atoms with Crippen LogP contribution in [0, 0.1) is 5.82 Å². The molecule has 3 N–H and O–H groups in total. The molecule has 0 aliphatic rings. The number of benzene rings is 2. The van der Waals surface area contributed by atoms with Crippen LogP contribution in [0.2, 0.25) is 0 Å². The Kier molecular flexibility index (Phi) is 14.0. The summed E-state index contributed by atoms with van der Waals surface area (Å²) in [4.78, 5) is 16.7. The zero-order chi connectivity index (χ0) is 22.3. The number of hydrogen-bond acceptors (Lipinski definition) is 4. The Labute approximate surface area is 206 Å². The minimum atomic E-state index is -0.536. The van der Waals surface area contributed by atoms with E-state index < -0.39 is 11.7 Å². The predicted octanol–water partition coefficient (Wildman–Crippen LogP) is 3.34. The molecular weight excluding hydrogens is 526 g/mol. The number of guanidine groups is 1. The molecular formula is C23H32FIN4O3. The van der Waals surface area contributed by atoms with Gasteiger partial charge in [-0.3, -0.25) is 4.79 Å². The van der Waals surface area contributed by atoms with Crippen molar-refractivity contribution in [1.82, 2.24) is 16.0 Å². The van der Waals surface area contributed by atoms with Crippen molar-refractivity contribution in [3.05, 3.63) is 65.5 Å². The number of nitrogens with zero attached hydrogens (tertiary/aromatic N) is 1. The summed E-state index contributed by atoms with van der Waals surface area (Å²) in [5.74, 6) is 0.449. The van der Waals surface area contributed by atoms with Gasteiger partial charge in [-0.1, -0.05) is 24.3 Å². The molecule has 0 atom stereocenters. The average Bonchev–Trinajstić information content (AvgIpc) is 2.80. The van der Waals surface area contributed by atoms with E-state index in [2.05, 4.69) is 20.9 Å². The van der Waals surface area contributed by atoms with Gasteiger partial charge in [0.25, 0.3) is 5.91 Å². The van der Waals surface area contributed by atoms with Gasteiger partial charge in [0.05, 0.1) is 19.2 Å². The number of methoxy groups -OCH3 is 1. The molecule has 0 aliphatic carbocycles. The zero-order valence-electron chi connectivity index (χ0n) is 18.5. The number of carbonyl (C=O) groups excluding carboxylic acids is 1. The molecule has 0 aliphatic heterocycles. The Balaban J connectivity index is 0.00000512. The van der Waals surface area contributed by atoms with Crippen molar-refractivity contribution in [2.45, 2.75) is 19.9 Å². The van der Waals surface area contributed by atoms with Crippen LogP contribution in [-0.4, -0.2) is 51.8 Å². The molecule has 0 aromatic heterocycles. The number of amides is 1. The summed E-state index contributed by atoms with van der Waals surface area (Å²) in [6.45, 7) is 5.30. The van der Waals surface area contributed by atoms with Crippen molar-refractivity contribution in [1.29, 1.82) is 0 Å². The first kappa shape index (κ1) is 27.6. The van der Waals surface area contributed by atoms with E-state index in [4.69, 9.17) is 9.47 Å². The van der Waals surface area contributed by atoms with Crippen molar-refractivity contribution >= 4 is 35.8 Å². The van der Waals surface area contributed by atoms with E-state index in [0.29, 0.717) is 45.4 Å². The van der Waals surface area contributed by atoms with Crippen LogP contribution in [0.1, 0.15) is 29.3 Å². The van der Waals surface area contributed by atoms with E-state index in [0.717, 1.165) is 17.7 Å². The summed E-state index contributed by atoms with van der Waals surface area (Å²) >= 11 is 0. The Morgan fingerprint density at radius 2 is 1.69 bits per heavy atom. The molecule has 7 nitrogen and oxygen atoms in total. The first-order valence-corrected chi connectivity index (χ1v) is 10.4. The SMILES string of the molecule is CCOCCCNC(=NCc1ccc(OC)cc1)NCCNC(=O)c1ccccc1F.I. The summed E-state index contributed by atoms with van der Waals surface area (Å²) in [6, 6.07) is 13.6. The molecule has 0 saturated heterocycles. The average molecular weight is 558 g/mol. The number of aliphatic imine (C=N–C) groups is 1. The molecule has 2 aromatic carbocycles. The van der Waals surface area contributed by atoms with E-state index in [1.807, 2.05) is 31.2 Å². The van der Waals surface area contributed by atoms with Gasteiger partial charge in [0.1, 0.15) is 11.6 Å². The minimum absolute atomic E-state index is 0. The molecule has 1 amide bonds. The largest absolute Gasteiger partial charge is 0.497 e. The molecule has 0 radical (unpaired) electrons. The van der Waals surface area contributed by atoms with E-state index in [9.17, 15) is 9.18 Å². The van der Waals surface area contributed by atoms with Gasteiger partial charge in [-0.2, -0.15) is 0 Å². The zero-order valence-corrected chi connectivity index (χ0v) is 20.9. The molecule has 0 bridgehead atoms. The third-order valence-electron chi connectivity index (χ3n) is 4.36. The summed E-state index contributed by atoms with van der Waals surface area (Å²) in [5.41, 5.74) is 1.08. The standard InChI is InChI=1S/C23H31FN4O3.HI/c1-3-31-16-6-13-26-23(28-17-18-9-11-19(30-2)12-10-18)27-15-14-25-22(29)20-7-4-5-8-21(20)24;/h4-5,7-12H,3,6,13-17H2,1-2H3,(H,25,29)(H2,26,27,28);1H. The minimum Gasteiger partial charge on any atom is -0.497 e. The molecule has 2 rings (SSSR count). The van der Waals surface area contributed by atoms with Gasteiger partial charge in [0.2, 0.25) is 0 Å². The molecule has 0 fully saturated rings. The number of carbonyl (C=O) groups is 1. The van der Waals surface area contributed by atoms with Crippen LogP contribution in [0.15, 0.2) is 53.5 Å². The second kappa shape index (κ2) is 16.3. The van der Waals surface area contributed by atoms with Crippen LogP contribution in [0.5, 0.6) is 5.75 Å². The van der Waals surface area contributed by atoms with Crippen molar-refractivity contribution in [3.8, 4) is 5.75 Å². The molecule has 9 heteroatoms. The maximum Gasteiger partial charge on any atom is 0.254 e. The highest BCUT2D eigenvalue weighted by molar-refractivity contribution is 14.0. The van der Waals surface area contributed by atoms with Crippen LogP contribution in [0.25, 0.3) is 0 Å². The molecule has 0 spiro atoms. The Morgan fingerprint density at radius 3 is 2.38 bits per heavy atom. The monoisotopic (exact) mass is 558 g/mol. The Morgan fingerprint density at radius 1 is 1.00 bits per heavy atom. The van der Waals surface area contributed by atoms with E-state index in [1.165, 1.54) is 12.1 Å². The molecule has 32 heavy (non-hydrogen) atoms. The normalized spacial score (nSPS) is 10.8. The number of halogens is 2. The van der Waals surface area contributed by atoms with Gasteiger partial charge >= 0.3 is 0 Å². The quantitative estimate of drug-likeness (QED) is 0.161. The van der Waals surface area contributed by atoms with E-state index in [1.54, 1.807) is 19.2 Å². The van der Waals surface area contributed by atoms with Crippen LogP contribution < -0.4 is 20.7 Å². The van der Waals surface area contributed by atoms with Crippen molar-refractivity contribution in [2.24, 2.45) is 4.99 Å². The second-order valence-electron chi connectivity index (χ2n) is 6.65. The highest BCUT2D eigenvalue weighted by Crippen LogP contribution is 2.11. The van der Waals surface area contributed by atoms with Gasteiger partial charge in [0, 0.05) is 32.8 Å². The third kappa shape index (κ3) is 10.3. The highest BCUT2D eigenvalue weighted by Gasteiger charge is 2.09. The fraction of sp³-hybridized carbons (Fsp3) is 0.391. The third-order valence-corrected chi connectivity index (χ3v) is 4.36. The van der Waals surface area contributed by atoms with Gasteiger partial charge in [0.15, 0.2) is 5.96 Å². The van der Waals surface area contributed by atoms with Gasteiger partial charge < -0.3 is 25.4 Å². The number of rotatable bonds is 12. The maximum absolute atomic E-state index is 13.7. The fourth-order valence-electron chi connectivity index (χ4n) is 2.70. The summed E-state index contributed by atoms with van der Waals surface area (Å²) in [7, 11) is 1.63. The first-order chi connectivity index (χ1) is 15.1. The van der Waals surface area contributed by atoms with Gasteiger partial charge in [-0.25, -0.2) is 9.38 Å². The van der Waals surface area contributed by atoms with E-state index >= 15 is 0 Å². The smallest absolute Gasteiger partial charge is 0.254 e. The van der Waals surface area contributed by atoms with Crippen LogP contribution >= 0.6 is 24.0 Å².